The molecule has 1 aliphatic rings. The van der Waals surface area contributed by atoms with Gasteiger partial charge in [-0.1, -0.05) is 22.4 Å². The van der Waals surface area contributed by atoms with E-state index in [4.69, 9.17) is 0 Å². The Morgan fingerprint density at radius 1 is 1.50 bits per heavy atom. The summed E-state index contributed by atoms with van der Waals surface area (Å²) in [7, 11) is 0. The van der Waals surface area contributed by atoms with Gasteiger partial charge in [-0.05, 0) is 30.9 Å². The SMILES string of the molecule is O=C(NCC1CCCC1Br)c1ccc(F)cc1[N+](=O)[O-]. The molecule has 1 aromatic rings. The van der Waals surface area contributed by atoms with Gasteiger partial charge in [0.2, 0.25) is 0 Å². The molecular formula is C13H14BrFN2O3. The van der Waals surface area contributed by atoms with Crippen molar-refractivity contribution in [2.75, 3.05) is 6.54 Å². The third-order valence-electron chi connectivity index (χ3n) is 3.49. The zero-order valence-corrected chi connectivity index (χ0v) is 12.2. The molecule has 1 saturated carbocycles. The molecule has 2 rings (SSSR count). The van der Waals surface area contributed by atoms with Crippen LogP contribution < -0.4 is 5.32 Å². The van der Waals surface area contributed by atoms with Crippen LogP contribution in [0.15, 0.2) is 18.2 Å². The van der Waals surface area contributed by atoms with Crippen molar-refractivity contribution in [3.05, 3.63) is 39.7 Å². The number of nitrogens with zero attached hydrogens (tertiary/aromatic N) is 1. The smallest absolute Gasteiger partial charge is 0.285 e. The topological polar surface area (TPSA) is 72.2 Å². The minimum atomic E-state index is -0.749. The van der Waals surface area contributed by atoms with Crippen molar-refractivity contribution < 1.29 is 14.1 Å². The first-order chi connectivity index (χ1) is 9.49. The first-order valence-electron chi connectivity index (χ1n) is 6.35. The lowest BCUT2D eigenvalue weighted by Crippen LogP contribution is -2.31. The van der Waals surface area contributed by atoms with Gasteiger partial charge in [-0.3, -0.25) is 14.9 Å². The molecule has 5 nitrogen and oxygen atoms in total. The lowest BCUT2D eigenvalue weighted by molar-refractivity contribution is -0.385. The summed E-state index contributed by atoms with van der Waals surface area (Å²) in [4.78, 5) is 22.5. The number of carbonyl (C=O) groups is 1. The molecule has 0 spiro atoms. The van der Waals surface area contributed by atoms with Gasteiger partial charge in [0.15, 0.2) is 0 Å². The second kappa shape index (κ2) is 6.30. The summed E-state index contributed by atoms with van der Waals surface area (Å²) in [5.74, 6) is -0.939. The molecule has 0 bridgehead atoms. The predicted molar refractivity (Wildman–Crippen MR) is 75.4 cm³/mol. The third-order valence-corrected chi connectivity index (χ3v) is 4.70. The van der Waals surface area contributed by atoms with Crippen LogP contribution >= 0.6 is 15.9 Å². The molecule has 2 atom stereocenters. The molecule has 108 valence electrons. The maximum absolute atomic E-state index is 13.0. The van der Waals surface area contributed by atoms with Crippen LogP contribution in [0.5, 0.6) is 0 Å². The van der Waals surface area contributed by atoms with Crippen molar-refractivity contribution in [2.24, 2.45) is 5.92 Å². The summed E-state index contributed by atoms with van der Waals surface area (Å²) in [5, 5.41) is 13.5. The number of hydrogen-bond acceptors (Lipinski definition) is 3. The van der Waals surface area contributed by atoms with E-state index in [9.17, 15) is 19.3 Å². The number of nitro groups is 1. The van der Waals surface area contributed by atoms with E-state index in [2.05, 4.69) is 21.2 Å². The second-order valence-corrected chi connectivity index (χ2v) is 6.01. The minimum absolute atomic E-state index is 0.111. The van der Waals surface area contributed by atoms with E-state index in [1.54, 1.807) is 0 Å². The van der Waals surface area contributed by atoms with E-state index >= 15 is 0 Å². The molecule has 20 heavy (non-hydrogen) atoms. The van der Waals surface area contributed by atoms with Crippen molar-refractivity contribution in [3.63, 3.8) is 0 Å². The molecule has 1 N–H and O–H groups in total. The predicted octanol–water partition coefficient (Wildman–Crippen LogP) is 3.03. The largest absolute Gasteiger partial charge is 0.351 e. The number of amides is 1. The van der Waals surface area contributed by atoms with Crippen molar-refractivity contribution in [1.82, 2.24) is 5.32 Å². The first kappa shape index (κ1) is 14.9. The van der Waals surface area contributed by atoms with Gasteiger partial charge in [0, 0.05) is 11.4 Å². The number of nitrogens with one attached hydrogen (secondary N) is 1. The van der Waals surface area contributed by atoms with Crippen LogP contribution in [0.4, 0.5) is 10.1 Å². The van der Waals surface area contributed by atoms with Crippen molar-refractivity contribution in [2.45, 2.75) is 24.1 Å². The van der Waals surface area contributed by atoms with Gasteiger partial charge >= 0.3 is 0 Å². The van der Waals surface area contributed by atoms with E-state index in [1.807, 2.05) is 0 Å². The van der Waals surface area contributed by atoms with Crippen LogP contribution in [0.3, 0.4) is 0 Å². The van der Waals surface area contributed by atoms with Gasteiger partial charge in [-0.15, -0.1) is 0 Å². The molecule has 0 aliphatic heterocycles. The summed E-state index contributed by atoms with van der Waals surface area (Å²) < 4.78 is 13.0. The summed E-state index contributed by atoms with van der Waals surface area (Å²) >= 11 is 3.55. The second-order valence-electron chi connectivity index (χ2n) is 4.84. The van der Waals surface area contributed by atoms with Gasteiger partial charge in [0.05, 0.1) is 11.0 Å². The first-order valence-corrected chi connectivity index (χ1v) is 7.27. The Labute approximate surface area is 123 Å². The summed E-state index contributed by atoms with van der Waals surface area (Å²) in [5.41, 5.74) is -0.621. The van der Waals surface area contributed by atoms with Crippen LogP contribution in [0.1, 0.15) is 29.6 Å². The van der Waals surface area contributed by atoms with Gasteiger partial charge in [-0.2, -0.15) is 0 Å². The Bertz CT molecular complexity index is 538. The maximum Gasteiger partial charge on any atom is 0.285 e. The summed E-state index contributed by atoms with van der Waals surface area (Å²) in [6.07, 6.45) is 3.19. The lowest BCUT2D eigenvalue weighted by Gasteiger charge is -2.14. The van der Waals surface area contributed by atoms with Crippen molar-refractivity contribution in [1.29, 1.82) is 0 Å². The van der Waals surface area contributed by atoms with Crippen molar-refractivity contribution >= 4 is 27.5 Å². The number of rotatable bonds is 4. The van der Waals surface area contributed by atoms with E-state index in [0.29, 0.717) is 17.3 Å². The number of nitro benzene ring substituents is 1. The van der Waals surface area contributed by atoms with Crippen LogP contribution in [0.25, 0.3) is 0 Å². The standard InChI is InChI=1S/C13H14BrFN2O3/c14-11-3-1-2-8(11)7-16-13(18)10-5-4-9(15)6-12(10)17(19)20/h4-6,8,11H,1-3,7H2,(H,16,18). The molecule has 0 aromatic heterocycles. The monoisotopic (exact) mass is 344 g/mol. The lowest BCUT2D eigenvalue weighted by atomic mass is 10.1. The Morgan fingerprint density at radius 3 is 2.85 bits per heavy atom. The molecule has 1 aromatic carbocycles. The Morgan fingerprint density at radius 2 is 2.25 bits per heavy atom. The Hall–Kier alpha value is -1.50. The van der Waals surface area contributed by atoms with Gasteiger partial charge in [0.1, 0.15) is 11.4 Å². The number of benzene rings is 1. The quantitative estimate of drug-likeness (QED) is 0.518. The van der Waals surface area contributed by atoms with E-state index in [-0.39, 0.29) is 5.56 Å². The van der Waals surface area contributed by atoms with E-state index in [0.717, 1.165) is 37.5 Å². The average Bonchev–Trinajstić information content (AvgIpc) is 2.81. The number of alkyl halides is 1. The Kier molecular flexibility index (Phi) is 4.69. The average molecular weight is 345 g/mol. The van der Waals surface area contributed by atoms with Gasteiger partial charge in [0.25, 0.3) is 11.6 Å². The van der Waals surface area contributed by atoms with Crippen LogP contribution in [-0.4, -0.2) is 22.2 Å². The zero-order valence-electron chi connectivity index (χ0n) is 10.6. The highest BCUT2D eigenvalue weighted by molar-refractivity contribution is 9.09. The highest BCUT2D eigenvalue weighted by Gasteiger charge is 2.26. The molecule has 7 heteroatoms. The number of carbonyl (C=O) groups excluding carboxylic acids is 1. The molecule has 0 saturated heterocycles. The highest BCUT2D eigenvalue weighted by Crippen LogP contribution is 2.31. The third kappa shape index (κ3) is 3.33. The zero-order chi connectivity index (χ0) is 14.7. The molecule has 1 fully saturated rings. The van der Waals surface area contributed by atoms with Crippen LogP contribution in [0, 0.1) is 21.8 Å². The molecule has 1 aliphatic carbocycles. The fourth-order valence-corrected chi connectivity index (χ4v) is 3.16. The summed E-state index contributed by atoms with van der Waals surface area (Å²) in [6, 6.07) is 2.95. The maximum atomic E-state index is 13.0. The normalized spacial score (nSPS) is 21.7. The fourth-order valence-electron chi connectivity index (χ4n) is 2.39. The molecule has 1 amide bonds. The molecular weight excluding hydrogens is 331 g/mol. The van der Waals surface area contributed by atoms with E-state index in [1.165, 1.54) is 0 Å². The van der Waals surface area contributed by atoms with Gasteiger partial charge < -0.3 is 5.32 Å². The van der Waals surface area contributed by atoms with Crippen LogP contribution in [0.2, 0.25) is 0 Å². The highest BCUT2D eigenvalue weighted by atomic mass is 79.9. The minimum Gasteiger partial charge on any atom is -0.351 e. The molecule has 0 radical (unpaired) electrons. The number of halogens is 2. The summed E-state index contributed by atoms with van der Waals surface area (Å²) in [6.45, 7) is 0.462. The van der Waals surface area contributed by atoms with Gasteiger partial charge in [-0.25, -0.2) is 4.39 Å². The Balaban J connectivity index is 2.07. The number of hydrogen-bond donors (Lipinski definition) is 1. The van der Waals surface area contributed by atoms with Crippen LogP contribution in [-0.2, 0) is 0 Å². The van der Waals surface area contributed by atoms with Crippen molar-refractivity contribution in [3.8, 4) is 0 Å². The molecule has 0 heterocycles. The fraction of sp³-hybridized carbons (Fsp3) is 0.462. The molecule has 2 unspecified atom stereocenters. The van der Waals surface area contributed by atoms with E-state index < -0.39 is 22.3 Å².